The number of methoxy groups -OCH3 is 4. The SMILES string of the molecule is CN=C(NCc1ccc(OC)cc1OC)N1CCN(Cc2cc(OC)ccc2OC)CC1. The lowest BCUT2D eigenvalue weighted by atomic mass is 10.1. The molecule has 174 valence electrons. The fourth-order valence-corrected chi connectivity index (χ4v) is 3.87. The summed E-state index contributed by atoms with van der Waals surface area (Å²) in [5.41, 5.74) is 2.19. The number of rotatable bonds is 8. The van der Waals surface area contributed by atoms with Crippen LogP contribution in [0.1, 0.15) is 11.1 Å². The Hall–Kier alpha value is -3.13. The number of ether oxygens (including phenoxy) is 4. The molecule has 32 heavy (non-hydrogen) atoms. The number of hydrogen-bond acceptors (Lipinski definition) is 6. The Kier molecular flexibility index (Phi) is 8.44. The first kappa shape index (κ1) is 23.5. The van der Waals surface area contributed by atoms with Gasteiger partial charge in [-0.3, -0.25) is 9.89 Å². The Morgan fingerprint density at radius 3 is 2.09 bits per heavy atom. The molecule has 0 atom stereocenters. The van der Waals surface area contributed by atoms with Crippen LogP contribution in [0.25, 0.3) is 0 Å². The highest BCUT2D eigenvalue weighted by Crippen LogP contribution is 2.26. The van der Waals surface area contributed by atoms with Crippen LogP contribution in [0.4, 0.5) is 0 Å². The summed E-state index contributed by atoms with van der Waals surface area (Å²) in [6.07, 6.45) is 0. The van der Waals surface area contributed by atoms with Crippen LogP contribution in [0.2, 0.25) is 0 Å². The molecule has 2 aromatic carbocycles. The van der Waals surface area contributed by atoms with Crippen molar-refractivity contribution < 1.29 is 18.9 Å². The van der Waals surface area contributed by atoms with E-state index in [9.17, 15) is 0 Å². The second kappa shape index (κ2) is 11.5. The van der Waals surface area contributed by atoms with Crippen LogP contribution < -0.4 is 24.3 Å². The number of nitrogens with zero attached hydrogens (tertiary/aromatic N) is 3. The summed E-state index contributed by atoms with van der Waals surface area (Å²) in [6, 6.07) is 11.8. The molecule has 0 radical (unpaired) electrons. The standard InChI is InChI=1S/C24H34N4O4/c1-25-24(26-16-18-6-7-21(30-3)15-23(18)32-5)28-12-10-27(11-13-28)17-19-14-20(29-2)8-9-22(19)31-4/h6-9,14-15H,10-13,16-17H2,1-5H3,(H,25,26). The fraction of sp³-hybridized carbons (Fsp3) is 0.458. The second-order valence-electron chi connectivity index (χ2n) is 7.52. The van der Waals surface area contributed by atoms with Crippen LogP contribution in [0.5, 0.6) is 23.0 Å². The summed E-state index contributed by atoms with van der Waals surface area (Å²) >= 11 is 0. The molecule has 1 fully saturated rings. The highest BCUT2D eigenvalue weighted by Gasteiger charge is 2.21. The number of nitrogens with one attached hydrogen (secondary N) is 1. The number of piperazine rings is 1. The van der Waals surface area contributed by atoms with Crippen molar-refractivity contribution in [3.8, 4) is 23.0 Å². The van der Waals surface area contributed by atoms with Crippen LogP contribution in [0.15, 0.2) is 41.4 Å². The van der Waals surface area contributed by atoms with E-state index in [0.29, 0.717) is 6.54 Å². The number of guanidine groups is 1. The van der Waals surface area contributed by atoms with Gasteiger partial charge in [0.15, 0.2) is 5.96 Å². The molecule has 2 aromatic rings. The minimum absolute atomic E-state index is 0.626. The van der Waals surface area contributed by atoms with Crippen molar-refractivity contribution >= 4 is 5.96 Å². The highest BCUT2D eigenvalue weighted by atomic mass is 16.5. The predicted octanol–water partition coefficient (Wildman–Crippen LogP) is 2.61. The highest BCUT2D eigenvalue weighted by molar-refractivity contribution is 5.80. The Morgan fingerprint density at radius 1 is 0.812 bits per heavy atom. The quantitative estimate of drug-likeness (QED) is 0.498. The van der Waals surface area contributed by atoms with E-state index in [1.165, 1.54) is 0 Å². The van der Waals surface area contributed by atoms with E-state index in [-0.39, 0.29) is 0 Å². The van der Waals surface area contributed by atoms with Crippen LogP contribution in [-0.2, 0) is 13.1 Å². The molecule has 1 N–H and O–H groups in total. The van der Waals surface area contributed by atoms with Gasteiger partial charge in [0, 0.05) is 63.5 Å². The molecule has 3 rings (SSSR count). The van der Waals surface area contributed by atoms with E-state index in [1.54, 1.807) is 28.4 Å². The molecule has 0 saturated carbocycles. The zero-order valence-electron chi connectivity index (χ0n) is 19.7. The second-order valence-corrected chi connectivity index (χ2v) is 7.52. The van der Waals surface area contributed by atoms with Gasteiger partial charge in [-0.1, -0.05) is 0 Å². The smallest absolute Gasteiger partial charge is 0.194 e. The van der Waals surface area contributed by atoms with Crippen LogP contribution in [-0.4, -0.2) is 77.4 Å². The van der Waals surface area contributed by atoms with Gasteiger partial charge < -0.3 is 29.2 Å². The molecule has 0 bridgehead atoms. The van der Waals surface area contributed by atoms with Crippen LogP contribution >= 0.6 is 0 Å². The molecule has 1 saturated heterocycles. The first-order chi connectivity index (χ1) is 15.6. The maximum atomic E-state index is 5.53. The van der Waals surface area contributed by atoms with Gasteiger partial charge in [-0.15, -0.1) is 0 Å². The van der Waals surface area contributed by atoms with Crippen molar-refractivity contribution in [2.75, 3.05) is 61.7 Å². The van der Waals surface area contributed by atoms with E-state index in [2.05, 4.69) is 20.1 Å². The largest absolute Gasteiger partial charge is 0.497 e. The molecule has 0 amide bonds. The minimum Gasteiger partial charge on any atom is -0.497 e. The van der Waals surface area contributed by atoms with E-state index in [1.807, 2.05) is 43.4 Å². The van der Waals surface area contributed by atoms with Crippen molar-refractivity contribution in [2.45, 2.75) is 13.1 Å². The third kappa shape index (κ3) is 5.76. The Bertz CT molecular complexity index is 911. The van der Waals surface area contributed by atoms with Crippen LogP contribution in [0, 0.1) is 0 Å². The van der Waals surface area contributed by atoms with Crippen molar-refractivity contribution in [3.63, 3.8) is 0 Å². The molecule has 1 aliphatic heterocycles. The first-order valence-corrected chi connectivity index (χ1v) is 10.7. The van der Waals surface area contributed by atoms with Crippen molar-refractivity contribution in [1.82, 2.24) is 15.1 Å². The molecule has 1 aliphatic rings. The molecule has 8 nitrogen and oxygen atoms in total. The van der Waals surface area contributed by atoms with Gasteiger partial charge in [-0.25, -0.2) is 0 Å². The number of hydrogen-bond donors (Lipinski definition) is 1. The average Bonchev–Trinajstić information content (AvgIpc) is 2.85. The number of benzene rings is 2. The van der Waals surface area contributed by atoms with Gasteiger partial charge in [0.1, 0.15) is 23.0 Å². The molecular weight excluding hydrogens is 408 g/mol. The van der Waals surface area contributed by atoms with Gasteiger partial charge >= 0.3 is 0 Å². The first-order valence-electron chi connectivity index (χ1n) is 10.7. The van der Waals surface area contributed by atoms with Gasteiger partial charge in [-0.2, -0.15) is 0 Å². The minimum atomic E-state index is 0.626. The summed E-state index contributed by atoms with van der Waals surface area (Å²) in [5.74, 6) is 4.20. The van der Waals surface area contributed by atoms with Gasteiger partial charge in [0.2, 0.25) is 0 Å². The lowest BCUT2D eigenvalue weighted by molar-refractivity contribution is 0.171. The summed E-state index contributed by atoms with van der Waals surface area (Å²) in [6.45, 7) is 5.11. The predicted molar refractivity (Wildman–Crippen MR) is 126 cm³/mol. The summed E-state index contributed by atoms with van der Waals surface area (Å²) in [7, 11) is 8.53. The van der Waals surface area contributed by atoms with E-state index in [4.69, 9.17) is 18.9 Å². The van der Waals surface area contributed by atoms with Gasteiger partial charge in [0.25, 0.3) is 0 Å². The maximum absolute atomic E-state index is 5.53. The van der Waals surface area contributed by atoms with Gasteiger partial charge in [-0.05, 0) is 30.3 Å². The van der Waals surface area contributed by atoms with E-state index < -0.39 is 0 Å². The molecule has 8 heteroatoms. The lowest BCUT2D eigenvalue weighted by Crippen LogP contribution is -2.52. The topological polar surface area (TPSA) is 67.8 Å². The molecule has 0 spiro atoms. The molecule has 0 unspecified atom stereocenters. The summed E-state index contributed by atoms with van der Waals surface area (Å²) < 4.78 is 21.7. The van der Waals surface area contributed by atoms with Crippen molar-refractivity contribution in [3.05, 3.63) is 47.5 Å². The third-order valence-corrected chi connectivity index (χ3v) is 5.70. The Balaban J connectivity index is 1.56. The summed E-state index contributed by atoms with van der Waals surface area (Å²) in [4.78, 5) is 9.20. The monoisotopic (exact) mass is 442 g/mol. The van der Waals surface area contributed by atoms with Crippen molar-refractivity contribution in [1.29, 1.82) is 0 Å². The van der Waals surface area contributed by atoms with E-state index >= 15 is 0 Å². The van der Waals surface area contributed by atoms with Gasteiger partial charge in [0.05, 0.1) is 28.4 Å². The molecule has 0 aliphatic carbocycles. The zero-order chi connectivity index (χ0) is 22.9. The molecule has 1 heterocycles. The van der Waals surface area contributed by atoms with Crippen molar-refractivity contribution in [2.24, 2.45) is 4.99 Å². The van der Waals surface area contributed by atoms with Crippen LogP contribution in [0.3, 0.4) is 0 Å². The molecular formula is C24H34N4O4. The Labute approximate surface area is 190 Å². The molecule has 0 aromatic heterocycles. The zero-order valence-corrected chi connectivity index (χ0v) is 19.7. The third-order valence-electron chi connectivity index (χ3n) is 5.70. The van der Waals surface area contributed by atoms with E-state index in [0.717, 1.165) is 72.8 Å². The summed E-state index contributed by atoms with van der Waals surface area (Å²) in [5, 5.41) is 3.47. The number of aliphatic imine (C=N–C) groups is 1. The average molecular weight is 443 g/mol. The fourth-order valence-electron chi connectivity index (χ4n) is 3.87. The lowest BCUT2D eigenvalue weighted by Gasteiger charge is -2.36. The Morgan fingerprint density at radius 2 is 1.47 bits per heavy atom. The normalized spacial score (nSPS) is 14.8. The maximum Gasteiger partial charge on any atom is 0.194 e.